The van der Waals surface area contributed by atoms with Crippen molar-refractivity contribution in [2.45, 2.75) is 31.2 Å². The van der Waals surface area contributed by atoms with Crippen LogP contribution < -0.4 is 5.32 Å². The van der Waals surface area contributed by atoms with E-state index in [4.69, 9.17) is 9.84 Å². The number of benzene rings is 1. The van der Waals surface area contributed by atoms with Crippen molar-refractivity contribution in [3.8, 4) is 0 Å². The van der Waals surface area contributed by atoms with Gasteiger partial charge in [-0.15, -0.1) is 0 Å². The SMILES string of the molecule is O=C(O)CC1(NC(=O)Cc2c[nH]c3ccc([N+](=O)[O-])cc23)CCOCC1. The molecule has 0 atom stereocenters. The van der Waals surface area contributed by atoms with Crippen molar-refractivity contribution in [2.24, 2.45) is 0 Å². The van der Waals surface area contributed by atoms with Gasteiger partial charge in [-0.25, -0.2) is 0 Å². The standard InChI is InChI=1S/C17H19N3O6/c21-15(19-17(9-16(22)23)3-5-26-6-4-17)7-11-10-18-14-2-1-12(20(24)25)8-13(11)14/h1-2,8,10,18H,3-7,9H2,(H,19,21)(H,22,23). The number of aliphatic carboxylic acids is 1. The van der Waals surface area contributed by atoms with Gasteiger partial charge in [0.15, 0.2) is 0 Å². The van der Waals surface area contributed by atoms with Crippen molar-refractivity contribution >= 4 is 28.5 Å². The molecule has 9 nitrogen and oxygen atoms in total. The summed E-state index contributed by atoms with van der Waals surface area (Å²) < 4.78 is 5.27. The largest absolute Gasteiger partial charge is 0.481 e. The highest BCUT2D eigenvalue weighted by Gasteiger charge is 2.36. The zero-order valence-corrected chi connectivity index (χ0v) is 14.0. The van der Waals surface area contributed by atoms with Crippen LogP contribution in [-0.4, -0.2) is 45.6 Å². The minimum absolute atomic E-state index is 0.00337. The number of fused-ring (bicyclic) bond motifs is 1. The monoisotopic (exact) mass is 361 g/mol. The predicted molar refractivity (Wildman–Crippen MR) is 91.8 cm³/mol. The van der Waals surface area contributed by atoms with E-state index in [2.05, 4.69) is 10.3 Å². The van der Waals surface area contributed by atoms with E-state index < -0.39 is 16.4 Å². The second-order valence-electron chi connectivity index (χ2n) is 6.49. The minimum atomic E-state index is -0.977. The molecule has 1 fully saturated rings. The molecule has 138 valence electrons. The molecular formula is C17H19N3O6. The first-order valence-electron chi connectivity index (χ1n) is 8.23. The third-order valence-electron chi connectivity index (χ3n) is 4.66. The topological polar surface area (TPSA) is 135 Å². The first-order chi connectivity index (χ1) is 12.4. The number of carboxylic acids is 1. The maximum atomic E-state index is 12.5. The van der Waals surface area contributed by atoms with Gasteiger partial charge in [0.2, 0.25) is 5.91 Å². The maximum Gasteiger partial charge on any atom is 0.305 e. The van der Waals surface area contributed by atoms with Crippen LogP contribution >= 0.6 is 0 Å². The molecule has 0 aliphatic carbocycles. The Kier molecular flexibility index (Phi) is 4.90. The van der Waals surface area contributed by atoms with Crippen LogP contribution in [0.5, 0.6) is 0 Å². The van der Waals surface area contributed by atoms with E-state index in [0.717, 1.165) is 0 Å². The molecule has 3 N–H and O–H groups in total. The van der Waals surface area contributed by atoms with Crippen molar-refractivity contribution in [1.29, 1.82) is 0 Å². The normalized spacial score (nSPS) is 16.3. The molecule has 3 rings (SSSR count). The van der Waals surface area contributed by atoms with Gasteiger partial charge in [-0.3, -0.25) is 19.7 Å². The third-order valence-corrected chi connectivity index (χ3v) is 4.66. The number of nitrogens with zero attached hydrogens (tertiary/aromatic N) is 1. The second-order valence-corrected chi connectivity index (χ2v) is 6.49. The lowest BCUT2D eigenvalue weighted by atomic mass is 9.86. The molecule has 0 bridgehead atoms. The number of H-pyrrole nitrogens is 1. The first kappa shape index (κ1) is 17.9. The molecule has 0 spiro atoms. The van der Waals surface area contributed by atoms with Gasteiger partial charge in [0.05, 0.1) is 23.3 Å². The van der Waals surface area contributed by atoms with Crippen LogP contribution in [-0.2, 0) is 20.7 Å². The summed E-state index contributed by atoms with van der Waals surface area (Å²) in [5.74, 6) is -1.30. The number of carbonyl (C=O) groups is 2. The Bertz CT molecular complexity index is 853. The quantitative estimate of drug-likeness (QED) is 0.530. The maximum absolute atomic E-state index is 12.5. The van der Waals surface area contributed by atoms with E-state index >= 15 is 0 Å². The molecule has 26 heavy (non-hydrogen) atoms. The fourth-order valence-corrected chi connectivity index (χ4v) is 3.34. The van der Waals surface area contributed by atoms with Crippen molar-refractivity contribution < 1.29 is 24.4 Å². The van der Waals surface area contributed by atoms with Crippen LogP contribution in [0.4, 0.5) is 5.69 Å². The first-order valence-corrected chi connectivity index (χ1v) is 8.23. The average Bonchev–Trinajstić information content (AvgIpc) is 2.96. The van der Waals surface area contributed by atoms with E-state index in [-0.39, 0.29) is 24.4 Å². The van der Waals surface area contributed by atoms with E-state index in [1.165, 1.54) is 12.1 Å². The molecule has 1 aromatic heterocycles. The lowest BCUT2D eigenvalue weighted by Gasteiger charge is -2.36. The Morgan fingerprint density at radius 1 is 1.35 bits per heavy atom. The number of aromatic nitrogens is 1. The summed E-state index contributed by atoms with van der Waals surface area (Å²) in [6, 6.07) is 4.42. The van der Waals surface area contributed by atoms with Gasteiger partial charge in [0.1, 0.15) is 0 Å². The van der Waals surface area contributed by atoms with Crippen molar-refractivity contribution in [3.63, 3.8) is 0 Å². The van der Waals surface area contributed by atoms with Crippen LogP contribution in [0.25, 0.3) is 10.9 Å². The Labute approximate surface area is 148 Å². The molecule has 2 aromatic rings. The molecule has 1 saturated heterocycles. The number of nitrogens with one attached hydrogen (secondary N) is 2. The Morgan fingerprint density at radius 2 is 2.08 bits per heavy atom. The highest BCUT2D eigenvalue weighted by molar-refractivity contribution is 5.90. The summed E-state index contributed by atoms with van der Waals surface area (Å²) in [4.78, 5) is 37.2. The predicted octanol–water partition coefficient (Wildman–Crippen LogP) is 1.76. The van der Waals surface area contributed by atoms with Gasteiger partial charge in [0, 0.05) is 42.4 Å². The van der Waals surface area contributed by atoms with Crippen molar-refractivity contribution in [1.82, 2.24) is 10.3 Å². The molecule has 1 aliphatic heterocycles. The van der Waals surface area contributed by atoms with Gasteiger partial charge < -0.3 is 20.1 Å². The van der Waals surface area contributed by atoms with E-state index in [1.807, 2.05) is 0 Å². The molecule has 1 aliphatic rings. The van der Waals surface area contributed by atoms with Crippen LogP contribution in [0, 0.1) is 10.1 Å². The minimum Gasteiger partial charge on any atom is -0.481 e. The summed E-state index contributed by atoms with van der Waals surface area (Å²) in [5.41, 5.74) is 0.452. The number of carboxylic acid groups (broad SMARTS) is 1. The molecule has 1 amide bonds. The van der Waals surface area contributed by atoms with Crippen LogP contribution in [0.2, 0.25) is 0 Å². The number of ether oxygens (including phenoxy) is 1. The number of nitro benzene ring substituents is 1. The molecule has 0 radical (unpaired) electrons. The van der Waals surface area contributed by atoms with E-state index in [9.17, 15) is 19.7 Å². The third kappa shape index (κ3) is 3.83. The number of amides is 1. The van der Waals surface area contributed by atoms with E-state index in [0.29, 0.717) is 42.5 Å². The zero-order valence-electron chi connectivity index (χ0n) is 14.0. The number of hydrogen-bond acceptors (Lipinski definition) is 5. The lowest BCUT2D eigenvalue weighted by Crippen LogP contribution is -2.53. The number of nitro groups is 1. The van der Waals surface area contributed by atoms with Crippen molar-refractivity contribution in [2.75, 3.05) is 13.2 Å². The van der Waals surface area contributed by atoms with Gasteiger partial charge >= 0.3 is 5.97 Å². The summed E-state index contributed by atoms with van der Waals surface area (Å²) >= 11 is 0. The molecule has 9 heteroatoms. The lowest BCUT2D eigenvalue weighted by molar-refractivity contribution is -0.384. The summed E-state index contributed by atoms with van der Waals surface area (Å²) in [6.45, 7) is 0.791. The molecule has 0 unspecified atom stereocenters. The summed E-state index contributed by atoms with van der Waals surface area (Å²) in [6.07, 6.45) is 2.35. The number of rotatable bonds is 6. The van der Waals surface area contributed by atoms with Gasteiger partial charge in [0.25, 0.3) is 5.69 Å². The van der Waals surface area contributed by atoms with Crippen LogP contribution in [0.3, 0.4) is 0 Å². The highest BCUT2D eigenvalue weighted by atomic mass is 16.6. The van der Waals surface area contributed by atoms with Gasteiger partial charge in [-0.05, 0) is 24.5 Å². The second kappa shape index (κ2) is 7.12. The molecule has 2 heterocycles. The zero-order chi connectivity index (χ0) is 18.7. The average molecular weight is 361 g/mol. The highest BCUT2D eigenvalue weighted by Crippen LogP contribution is 2.27. The smallest absolute Gasteiger partial charge is 0.305 e. The fraction of sp³-hybridized carbons (Fsp3) is 0.412. The Balaban J connectivity index is 1.78. The van der Waals surface area contributed by atoms with Gasteiger partial charge in [-0.1, -0.05) is 0 Å². The Morgan fingerprint density at radius 3 is 2.73 bits per heavy atom. The Hall–Kier alpha value is -2.94. The summed E-state index contributed by atoms with van der Waals surface area (Å²) in [5, 5.41) is 23.6. The summed E-state index contributed by atoms with van der Waals surface area (Å²) in [7, 11) is 0. The fourth-order valence-electron chi connectivity index (χ4n) is 3.34. The number of non-ortho nitro benzene ring substituents is 1. The number of aromatic amines is 1. The molecular weight excluding hydrogens is 342 g/mol. The van der Waals surface area contributed by atoms with Crippen LogP contribution in [0.15, 0.2) is 24.4 Å². The molecule has 1 aromatic carbocycles. The number of carbonyl (C=O) groups excluding carboxylic acids is 1. The van der Waals surface area contributed by atoms with Crippen LogP contribution in [0.1, 0.15) is 24.8 Å². The van der Waals surface area contributed by atoms with Gasteiger partial charge in [-0.2, -0.15) is 0 Å². The molecule has 0 saturated carbocycles. The van der Waals surface area contributed by atoms with E-state index in [1.54, 1.807) is 12.3 Å². The number of hydrogen-bond donors (Lipinski definition) is 3. The van der Waals surface area contributed by atoms with Crippen molar-refractivity contribution in [3.05, 3.63) is 40.1 Å².